The quantitative estimate of drug-likeness (QED) is 0.649. The van der Waals surface area contributed by atoms with Crippen LogP contribution in [0.1, 0.15) is 46.5 Å². The van der Waals surface area contributed by atoms with Gasteiger partial charge in [-0.2, -0.15) is 0 Å². The van der Waals surface area contributed by atoms with Crippen molar-refractivity contribution in [1.29, 1.82) is 0 Å². The zero-order valence-corrected chi connectivity index (χ0v) is 9.88. The van der Waals surface area contributed by atoms with Crippen LogP contribution in [0.3, 0.4) is 0 Å². The van der Waals surface area contributed by atoms with E-state index < -0.39 is 0 Å². The highest BCUT2D eigenvalue weighted by Crippen LogP contribution is 2.18. The van der Waals surface area contributed by atoms with Crippen molar-refractivity contribution in [3.05, 3.63) is 0 Å². The normalized spacial score (nSPS) is 20.8. The van der Waals surface area contributed by atoms with E-state index >= 15 is 0 Å². The van der Waals surface area contributed by atoms with Crippen LogP contribution in [0, 0.1) is 5.92 Å². The molecule has 0 aromatic heterocycles. The Balaban J connectivity index is 1.92. The molecule has 0 aliphatic heterocycles. The van der Waals surface area contributed by atoms with E-state index in [1.54, 1.807) is 0 Å². The van der Waals surface area contributed by atoms with Gasteiger partial charge in [0.25, 0.3) is 0 Å². The summed E-state index contributed by atoms with van der Waals surface area (Å²) in [5.74, 6) is 0.711. The summed E-state index contributed by atoms with van der Waals surface area (Å²) < 4.78 is 5.77. The molecule has 0 aromatic rings. The molecule has 1 aliphatic rings. The molecule has 2 atom stereocenters. The molecule has 1 N–H and O–H groups in total. The fourth-order valence-electron chi connectivity index (χ4n) is 1.58. The average Bonchev–Trinajstić information content (AvgIpc) is 2.95. The monoisotopic (exact) mass is 199 g/mol. The molecule has 0 aromatic carbocycles. The van der Waals surface area contributed by atoms with Gasteiger partial charge in [-0.1, -0.05) is 20.3 Å². The predicted molar refractivity (Wildman–Crippen MR) is 60.5 cm³/mol. The molecule has 0 spiro atoms. The van der Waals surface area contributed by atoms with Crippen molar-refractivity contribution >= 4 is 0 Å². The summed E-state index contributed by atoms with van der Waals surface area (Å²) in [4.78, 5) is 0. The third-order valence-electron chi connectivity index (χ3n) is 2.72. The summed E-state index contributed by atoms with van der Waals surface area (Å²) in [6, 6.07) is 0.800. The Morgan fingerprint density at radius 2 is 2.07 bits per heavy atom. The molecule has 84 valence electrons. The second-order valence-electron chi connectivity index (χ2n) is 4.72. The molecular weight excluding hydrogens is 174 g/mol. The van der Waals surface area contributed by atoms with Gasteiger partial charge in [-0.3, -0.25) is 0 Å². The lowest BCUT2D eigenvalue weighted by atomic mass is 10.1. The fraction of sp³-hybridized carbons (Fsp3) is 1.00. The molecule has 0 heterocycles. The average molecular weight is 199 g/mol. The predicted octanol–water partition coefficient (Wildman–Crippen LogP) is 2.58. The molecule has 0 saturated heterocycles. The first-order chi connectivity index (χ1) is 6.72. The van der Waals surface area contributed by atoms with Gasteiger partial charge in [0.1, 0.15) is 0 Å². The van der Waals surface area contributed by atoms with E-state index in [2.05, 4.69) is 26.1 Å². The van der Waals surface area contributed by atoms with E-state index in [0.717, 1.165) is 19.2 Å². The first-order valence-corrected chi connectivity index (χ1v) is 6.07. The molecule has 0 amide bonds. The summed E-state index contributed by atoms with van der Waals surface area (Å²) in [5.41, 5.74) is 0. The summed E-state index contributed by atoms with van der Waals surface area (Å²) in [7, 11) is 0. The lowest BCUT2D eigenvalue weighted by molar-refractivity contribution is 0.0420. The third kappa shape index (κ3) is 5.61. The lowest BCUT2D eigenvalue weighted by Gasteiger charge is -2.17. The molecule has 0 bridgehead atoms. The van der Waals surface area contributed by atoms with Crippen molar-refractivity contribution in [3.63, 3.8) is 0 Å². The van der Waals surface area contributed by atoms with Gasteiger partial charge in [0.15, 0.2) is 0 Å². The van der Waals surface area contributed by atoms with Gasteiger partial charge in [0, 0.05) is 19.2 Å². The Labute approximate surface area is 88.4 Å². The van der Waals surface area contributed by atoms with Crippen LogP contribution in [0.15, 0.2) is 0 Å². The first kappa shape index (κ1) is 12.0. The minimum atomic E-state index is 0.370. The van der Waals surface area contributed by atoms with Crippen molar-refractivity contribution in [2.75, 3.05) is 13.2 Å². The Morgan fingerprint density at radius 3 is 2.64 bits per heavy atom. The van der Waals surface area contributed by atoms with Crippen LogP contribution in [0.2, 0.25) is 0 Å². The Morgan fingerprint density at radius 1 is 1.36 bits per heavy atom. The van der Waals surface area contributed by atoms with Crippen LogP contribution in [-0.2, 0) is 4.74 Å². The smallest absolute Gasteiger partial charge is 0.0671 e. The van der Waals surface area contributed by atoms with Gasteiger partial charge in [-0.15, -0.1) is 0 Å². The molecule has 2 unspecified atom stereocenters. The summed E-state index contributed by atoms with van der Waals surface area (Å²) in [5, 5.41) is 3.49. The highest BCUT2D eigenvalue weighted by molar-refractivity contribution is 4.81. The zero-order chi connectivity index (χ0) is 10.4. The minimum Gasteiger partial charge on any atom is -0.377 e. The summed E-state index contributed by atoms with van der Waals surface area (Å²) in [6.07, 6.45) is 5.63. The molecule has 2 heteroatoms. The highest BCUT2D eigenvalue weighted by atomic mass is 16.5. The van der Waals surface area contributed by atoms with Gasteiger partial charge in [-0.25, -0.2) is 0 Å². The van der Waals surface area contributed by atoms with E-state index in [9.17, 15) is 0 Å². The van der Waals surface area contributed by atoms with Crippen molar-refractivity contribution in [1.82, 2.24) is 5.32 Å². The summed E-state index contributed by atoms with van der Waals surface area (Å²) in [6.45, 7) is 8.60. The largest absolute Gasteiger partial charge is 0.377 e. The van der Waals surface area contributed by atoms with Crippen molar-refractivity contribution in [3.8, 4) is 0 Å². The van der Waals surface area contributed by atoms with Crippen LogP contribution in [0.25, 0.3) is 0 Å². The van der Waals surface area contributed by atoms with Crippen molar-refractivity contribution in [2.45, 2.75) is 58.6 Å². The Bertz CT molecular complexity index is 145. The van der Waals surface area contributed by atoms with Gasteiger partial charge in [0.05, 0.1) is 6.10 Å². The Hall–Kier alpha value is -0.0800. The minimum absolute atomic E-state index is 0.370. The van der Waals surface area contributed by atoms with E-state index in [1.165, 1.54) is 25.7 Å². The number of rotatable bonds is 8. The van der Waals surface area contributed by atoms with Crippen LogP contribution in [-0.4, -0.2) is 25.3 Å². The van der Waals surface area contributed by atoms with Crippen molar-refractivity contribution < 1.29 is 4.74 Å². The highest BCUT2D eigenvalue weighted by Gasteiger charge is 2.20. The van der Waals surface area contributed by atoms with Gasteiger partial charge >= 0.3 is 0 Å². The standard InChI is InChI=1S/C12H25NO/c1-4-5-10(2)9-14-11(3)8-13-12-6-7-12/h10-13H,4-9H2,1-3H3. The number of nitrogens with one attached hydrogen (secondary N) is 1. The van der Waals surface area contributed by atoms with E-state index in [0.29, 0.717) is 12.0 Å². The maximum atomic E-state index is 5.77. The topological polar surface area (TPSA) is 21.3 Å². The van der Waals surface area contributed by atoms with Gasteiger partial charge < -0.3 is 10.1 Å². The number of ether oxygens (including phenoxy) is 1. The first-order valence-electron chi connectivity index (χ1n) is 6.07. The Kier molecular flexibility index (Phi) is 5.49. The van der Waals surface area contributed by atoms with Gasteiger partial charge in [-0.05, 0) is 32.1 Å². The molecule has 14 heavy (non-hydrogen) atoms. The molecule has 2 nitrogen and oxygen atoms in total. The van der Waals surface area contributed by atoms with Crippen molar-refractivity contribution in [2.24, 2.45) is 5.92 Å². The van der Waals surface area contributed by atoms with Gasteiger partial charge in [0.2, 0.25) is 0 Å². The zero-order valence-electron chi connectivity index (χ0n) is 9.88. The molecule has 1 fully saturated rings. The molecule has 1 aliphatic carbocycles. The van der Waals surface area contributed by atoms with E-state index in [-0.39, 0.29) is 0 Å². The number of hydrogen-bond donors (Lipinski definition) is 1. The molecule has 0 radical (unpaired) electrons. The molecular formula is C12H25NO. The van der Waals surface area contributed by atoms with Crippen LogP contribution < -0.4 is 5.32 Å². The molecule has 1 rings (SSSR count). The lowest BCUT2D eigenvalue weighted by Crippen LogP contribution is -2.29. The second-order valence-corrected chi connectivity index (χ2v) is 4.72. The van der Waals surface area contributed by atoms with Crippen LogP contribution in [0.4, 0.5) is 0 Å². The summed E-state index contributed by atoms with van der Waals surface area (Å²) >= 11 is 0. The molecule has 1 saturated carbocycles. The SMILES string of the molecule is CCCC(C)COC(C)CNC1CC1. The maximum absolute atomic E-state index is 5.77. The maximum Gasteiger partial charge on any atom is 0.0671 e. The fourth-order valence-corrected chi connectivity index (χ4v) is 1.58. The van der Waals surface area contributed by atoms with E-state index in [1.807, 2.05) is 0 Å². The number of hydrogen-bond acceptors (Lipinski definition) is 2. The van der Waals surface area contributed by atoms with Crippen LogP contribution in [0.5, 0.6) is 0 Å². The van der Waals surface area contributed by atoms with E-state index in [4.69, 9.17) is 4.74 Å². The second kappa shape index (κ2) is 6.41. The third-order valence-corrected chi connectivity index (χ3v) is 2.72. The van der Waals surface area contributed by atoms with Crippen LogP contribution >= 0.6 is 0 Å².